The first-order chi connectivity index (χ1) is 8.34. The topological polar surface area (TPSA) is 30.2 Å². The summed E-state index contributed by atoms with van der Waals surface area (Å²) in [6.07, 6.45) is 10.0. The van der Waals surface area contributed by atoms with E-state index in [9.17, 15) is 4.79 Å². The third kappa shape index (κ3) is 2.46. The molecular formula is C13H21N3O. The normalized spacial score (nSPS) is 21.2. The van der Waals surface area contributed by atoms with Crippen LogP contribution in [0.2, 0.25) is 0 Å². The number of nitrogens with zero attached hydrogens (tertiary/aromatic N) is 3. The zero-order valence-corrected chi connectivity index (χ0v) is 10.3. The summed E-state index contributed by atoms with van der Waals surface area (Å²) in [6.45, 7) is 4.51. The van der Waals surface area contributed by atoms with Gasteiger partial charge in [0.05, 0.1) is 0 Å². The summed E-state index contributed by atoms with van der Waals surface area (Å²) < 4.78 is 3.77. The number of hydrogen-bond donors (Lipinski definition) is 0. The van der Waals surface area contributed by atoms with Gasteiger partial charge in [-0.3, -0.25) is 9.13 Å². The Morgan fingerprint density at radius 3 is 2.59 bits per heavy atom. The molecule has 1 saturated carbocycles. The van der Waals surface area contributed by atoms with Crippen molar-refractivity contribution in [3.8, 4) is 0 Å². The van der Waals surface area contributed by atoms with Gasteiger partial charge in [-0.15, -0.1) is 0 Å². The van der Waals surface area contributed by atoms with Crippen LogP contribution >= 0.6 is 0 Å². The van der Waals surface area contributed by atoms with E-state index >= 15 is 0 Å². The predicted octanol–water partition coefficient (Wildman–Crippen LogP) is 1.47. The summed E-state index contributed by atoms with van der Waals surface area (Å²) in [5.74, 6) is 0. The number of rotatable bonds is 5. The molecule has 2 heterocycles. The van der Waals surface area contributed by atoms with Crippen molar-refractivity contribution in [2.24, 2.45) is 0 Å². The molecule has 0 amide bonds. The number of aromatic nitrogens is 2. The molecule has 3 rings (SSSR count). The van der Waals surface area contributed by atoms with E-state index in [1.165, 1.54) is 38.8 Å². The van der Waals surface area contributed by atoms with E-state index in [-0.39, 0.29) is 5.69 Å². The molecule has 0 atom stereocenters. The molecule has 1 aromatic rings. The number of aryl methyl sites for hydroxylation is 1. The smallest absolute Gasteiger partial charge is 0.303 e. The van der Waals surface area contributed by atoms with Crippen LogP contribution in [0.1, 0.15) is 38.1 Å². The summed E-state index contributed by atoms with van der Waals surface area (Å²) in [5, 5.41) is 0. The Kier molecular flexibility index (Phi) is 3.05. The van der Waals surface area contributed by atoms with Crippen LogP contribution in [0.25, 0.3) is 0 Å². The molecule has 0 N–H and O–H groups in total. The molecule has 94 valence electrons. The highest BCUT2D eigenvalue weighted by molar-refractivity contribution is 4.91. The molecule has 0 bridgehead atoms. The van der Waals surface area contributed by atoms with Crippen LogP contribution in [0.5, 0.6) is 0 Å². The first kappa shape index (κ1) is 11.1. The Hall–Kier alpha value is -1.03. The molecule has 2 fully saturated rings. The van der Waals surface area contributed by atoms with E-state index in [1.54, 1.807) is 0 Å². The Morgan fingerprint density at radius 2 is 1.88 bits per heavy atom. The first-order valence-corrected chi connectivity index (χ1v) is 6.84. The fourth-order valence-corrected chi connectivity index (χ4v) is 2.70. The fourth-order valence-electron chi connectivity index (χ4n) is 2.70. The molecule has 4 nitrogen and oxygen atoms in total. The minimum Gasteiger partial charge on any atom is -0.303 e. The van der Waals surface area contributed by atoms with Crippen molar-refractivity contribution in [2.45, 2.75) is 44.7 Å². The van der Waals surface area contributed by atoms with Crippen molar-refractivity contribution in [2.75, 3.05) is 19.6 Å². The third-order valence-electron chi connectivity index (χ3n) is 3.89. The molecule has 0 aromatic carbocycles. The van der Waals surface area contributed by atoms with E-state index in [0.29, 0.717) is 6.04 Å². The van der Waals surface area contributed by atoms with Crippen molar-refractivity contribution in [1.29, 1.82) is 0 Å². The molecule has 4 heteroatoms. The van der Waals surface area contributed by atoms with Gasteiger partial charge >= 0.3 is 5.69 Å². The van der Waals surface area contributed by atoms with E-state index < -0.39 is 0 Å². The van der Waals surface area contributed by atoms with Crippen molar-refractivity contribution >= 4 is 0 Å². The average molecular weight is 235 g/mol. The van der Waals surface area contributed by atoms with Gasteiger partial charge in [0, 0.05) is 25.0 Å². The number of imidazole rings is 1. The van der Waals surface area contributed by atoms with Gasteiger partial charge in [-0.1, -0.05) is 0 Å². The Bertz CT molecular complexity index is 424. The highest BCUT2D eigenvalue weighted by Gasteiger charge is 2.25. The van der Waals surface area contributed by atoms with E-state index in [4.69, 9.17) is 0 Å². The SMILES string of the molecule is O=c1n(CCCN2CCCC2)ccn1C1CC1. The minimum atomic E-state index is 0.189. The van der Waals surface area contributed by atoms with E-state index in [1.807, 2.05) is 21.5 Å². The van der Waals surface area contributed by atoms with E-state index in [0.717, 1.165) is 19.5 Å². The number of hydrogen-bond acceptors (Lipinski definition) is 2. The van der Waals surface area contributed by atoms with Crippen LogP contribution in [-0.2, 0) is 6.54 Å². The molecule has 1 aliphatic carbocycles. The van der Waals surface area contributed by atoms with Gasteiger partial charge in [0.1, 0.15) is 0 Å². The largest absolute Gasteiger partial charge is 0.328 e. The lowest BCUT2D eigenvalue weighted by Gasteiger charge is -2.13. The second-order valence-electron chi connectivity index (χ2n) is 5.31. The Morgan fingerprint density at radius 1 is 1.12 bits per heavy atom. The Balaban J connectivity index is 1.52. The second-order valence-corrected chi connectivity index (χ2v) is 5.31. The van der Waals surface area contributed by atoms with Gasteiger partial charge in [0.2, 0.25) is 0 Å². The highest BCUT2D eigenvalue weighted by Crippen LogP contribution is 2.33. The van der Waals surface area contributed by atoms with Crippen molar-refractivity contribution in [1.82, 2.24) is 14.0 Å². The van der Waals surface area contributed by atoms with Gasteiger partial charge in [0.15, 0.2) is 0 Å². The Labute approximate surface area is 102 Å². The average Bonchev–Trinajstić information content (AvgIpc) is 2.91. The molecule has 2 aliphatic rings. The van der Waals surface area contributed by atoms with Gasteiger partial charge in [-0.2, -0.15) is 0 Å². The van der Waals surface area contributed by atoms with Crippen molar-refractivity contribution in [3.05, 3.63) is 22.9 Å². The van der Waals surface area contributed by atoms with Crippen molar-refractivity contribution in [3.63, 3.8) is 0 Å². The molecule has 1 aromatic heterocycles. The molecular weight excluding hydrogens is 214 g/mol. The lowest BCUT2D eigenvalue weighted by molar-refractivity contribution is 0.324. The summed E-state index contributed by atoms with van der Waals surface area (Å²) in [5.41, 5.74) is 0.189. The highest BCUT2D eigenvalue weighted by atomic mass is 16.1. The van der Waals surface area contributed by atoms with E-state index in [2.05, 4.69) is 4.90 Å². The summed E-state index contributed by atoms with van der Waals surface area (Å²) in [4.78, 5) is 14.5. The lowest BCUT2D eigenvalue weighted by Crippen LogP contribution is -2.26. The fraction of sp³-hybridized carbons (Fsp3) is 0.769. The molecule has 0 unspecified atom stereocenters. The maximum Gasteiger partial charge on any atom is 0.328 e. The zero-order valence-electron chi connectivity index (χ0n) is 10.3. The maximum absolute atomic E-state index is 12.0. The van der Waals surface area contributed by atoms with Crippen LogP contribution in [0, 0.1) is 0 Å². The second kappa shape index (κ2) is 4.69. The summed E-state index contributed by atoms with van der Waals surface area (Å²) in [7, 11) is 0. The van der Waals surface area contributed by atoms with Crippen LogP contribution < -0.4 is 5.69 Å². The zero-order chi connectivity index (χ0) is 11.7. The van der Waals surface area contributed by atoms with Crippen LogP contribution in [0.15, 0.2) is 17.2 Å². The molecule has 17 heavy (non-hydrogen) atoms. The van der Waals surface area contributed by atoms with Crippen LogP contribution in [0.4, 0.5) is 0 Å². The van der Waals surface area contributed by atoms with Crippen LogP contribution in [0.3, 0.4) is 0 Å². The standard InChI is InChI=1S/C13H21N3O/c17-13-15(10-11-16(13)12-4-5-12)9-3-8-14-6-1-2-7-14/h10-12H,1-9H2. The third-order valence-corrected chi connectivity index (χ3v) is 3.89. The molecule has 1 aliphatic heterocycles. The van der Waals surface area contributed by atoms with Gasteiger partial charge in [-0.05, 0) is 51.7 Å². The van der Waals surface area contributed by atoms with Crippen molar-refractivity contribution < 1.29 is 0 Å². The summed E-state index contributed by atoms with van der Waals surface area (Å²) in [6, 6.07) is 0.502. The molecule has 0 radical (unpaired) electrons. The summed E-state index contributed by atoms with van der Waals surface area (Å²) >= 11 is 0. The monoisotopic (exact) mass is 235 g/mol. The van der Waals surface area contributed by atoms with Crippen LogP contribution in [-0.4, -0.2) is 33.7 Å². The maximum atomic E-state index is 12.0. The molecule has 1 saturated heterocycles. The lowest BCUT2D eigenvalue weighted by atomic mass is 10.4. The van der Waals surface area contributed by atoms with Gasteiger partial charge < -0.3 is 4.90 Å². The minimum absolute atomic E-state index is 0.189. The first-order valence-electron chi connectivity index (χ1n) is 6.84. The van der Waals surface area contributed by atoms with Gasteiger partial charge in [-0.25, -0.2) is 4.79 Å². The quantitative estimate of drug-likeness (QED) is 0.773. The molecule has 0 spiro atoms. The predicted molar refractivity (Wildman–Crippen MR) is 67.3 cm³/mol. The van der Waals surface area contributed by atoms with Gasteiger partial charge in [0.25, 0.3) is 0 Å². The number of likely N-dealkylation sites (tertiary alicyclic amines) is 1.